The molecule has 2 rings (SSSR count). The number of fused-ring (bicyclic) bond motifs is 1. The zero-order chi connectivity index (χ0) is 13.2. The van der Waals surface area contributed by atoms with Crippen molar-refractivity contribution in [1.29, 1.82) is 0 Å². The summed E-state index contributed by atoms with van der Waals surface area (Å²) in [6.45, 7) is 0.406. The maximum absolute atomic E-state index is 11.3. The lowest BCUT2D eigenvalue weighted by Crippen LogP contribution is -2.31. The third-order valence-electron chi connectivity index (χ3n) is 3.32. The zero-order valence-corrected chi connectivity index (χ0v) is 11.1. The summed E-state index contributed by atoms with van der Waals surface area (Å²) in [7, 11) is -1.74. The van der Waals surface area contributed by atoms with E-state index in [0.717, 1.165) is 24.0 Å². The molecular weight excluding hydrogens is 252 g/mol. The number of nitrogens with one attached hydrogen (secondary N) is 2. The highest BCUT2D eigenvalue weighted by Gasteiger charge is 2.24. The lowest BCUT2D eigenvalue weighted by Gasteiger charge is -2.14. The van der Waals surface area contributed by atoms with Crippen molar-refractivity contribution >= 4 is 10.0 Å². The van der Waals surface area contributed by atoms with Crippen molar-refractivity contribution in [2.75, 3.05) is 19.3 Å². The van der Waals surface area contributed by atoms with Crippen molar-refractivity contribution in [1.82, 2.24) is 10.0 Å². The SMILES string of the molecule is CNS(=O)(=O)CCNC1CCc2c(O)cccc21. The molecule has 1 aromatic rings. The summed E-state index contributed by atoms with van der Waals surface area (Å²) in [5.41, 5.74) is 2.06. The Kier molecular flexibility index (Phi) is 3.89. The summed E-state index contributed by atoms with van der Waals surface area (Å²) >= 11 is 0. The van der Waals surface area contributed by atoms with Crippen LogP contribution in [-0.4, -0.2) is 32.9 Å². The topological polar surface area (TPSA) is 78.4 Å². The lowest BCUT2D eigenvalue weighted by molar-refractivity contribution is 0.469. The van der Waals surface area contributed by atoms with E-state index in [9.17, 15) is 13.5 Å². The number of sulfonamides is 1. The van der Waals surface area contributed by atoms with E-state index in [1.807, 2.05) is 12.1 Å². The molecule has 5 nitrogen and oxygen atoms in total. The number of hydrogen-bond donors (Lipinski definition) is 3. The van der Waals surface area contributed by atoms with Crippen LogP contribution in [0.1, 0.15) is 23.6 Å². The molecule has 18 heavy (non-hydrogen) atoms. The van der Waals surface area contributed by atoms with Crippen molar-refractivity contribution in [3.05, 3.63) is 29.3 Å². The van der Waals surface area contributed by atoms with Gasteiger partial charge in [-0.2, -0.15) is 0 Å². The van der Waals surface area contributed by atoms with Crippen LogP contribution in [0, 0.1) is 0 Å². The molecule has 6 heteroatoms. The fraction of sp³-hybridized carbons (Fsp3) is 0.500. The smallest absolute Gasteiger partial charge is 0.212 e. The third-order valence-corrected chi connectivity index (χ3v) is 4.68. The molecule has 1 aliphatic carbocycles. The van der Waals surface area contributed by atoms with Crippen molar-refractivity contribution in [2.24, 2.45) is 0 Å². The van der Waals surface area contributed by atoms with Crippen LogP contribution in [0.25, 0.3) is 0 Å². The molecule has 1 aliphatic rings. The molecule has 100 valence electrons. The number of rotatable bonds is 5. The molecule has 0 aliphatic heterocycles. The van der Waals surface area contributed by atoms with E-state index in [4.69, 9.17) is 0 Å². The van der Waals surface area contributed by atoms with E-state index in [1.165, 1.54) is 7.05 Å². The minimum atomic E-state index is -3.16. The van der Waals surface area contributed by atoms with Gasteiger partial charge in [-0.3, -0.25) is 0 Å². The molecule has 0 bridgehead atoms. The summed E-state index contributed by atoms with van der Waals surface area (Å²) in [6.07, 6.45) is 1.73. The first-order valence-electron chi connectivity index (χ1n) is 5.99. The first-order valence-corrected chi connectivity index (χ1v) is 7.64. The number of benzene rings is 1. The van der Waals surface area contributed by atoms with Gasteiger partial charge in [0.25, 0.3) is 0 Å². The van der Waals surface area contributed by atoms with Gasteiger partial charge in [-0.05, 0) is 37.1 Å². The normalized spacial score (nSPS) is 18.8. The second kappa shape index (κ2) is 5.26. The first-order chi connectivity index (χ1) is 8.53. The van der Waals surface area contributed by atoms with Crippen molar-refractivity contribution in [3.8, 4) is 5.75 Å². The van der Waals surface area contributed by atoms with Gasteiger partial charge in [-0.25, -0.2) is 13.1 Å². The average Bonchev–Trinajstić information content (AvgIpc) is 2.74. The summed E-state index contributed by atoms with van der Waals surface area (Å²) in [5.74, 6) is 0.397. The highest BCUT2D eigenvalue weighted by atomic mass is 32.2. The van der Waals surface area contributed by atoms with Gasteiger partial charge in [0.2, 0.25) is 10.0 Å². The van der Waals surface area contributed by atoms with E-state index in [0.29, 0.717) is 12.3 Å². The Labute approximate surface area is 107 Å². The standard InChI is InChI=1S/C12H18N2O3S/c1-13-18(16,17)8-7-14-11-6-5-10-9(11)3-2-4-12(10)15/h2-4,11,13-15H,5-8H2,1H3. The predicted octanol–water partition coefficient (Wildman–Crippen LogP) is 0.518. The van der Waals surface area contributed by atoms with Crippen LogP contribution < -0.4 is 10.0 Å². The predicted molar refractivity (Wildman–Crippen MR) is 70.0 cm³/mol. The lowest BCUT2D eigenvalue weighted by atomic mass is 10.1. The van der Waals surface area contributed by atoms with Crippen LogP contribution in [-0.2, 0) is 16.4 Å². The van der Waals surface area contributed by atoms with E-state index < -0.39 is 10.0 Å². The van der Waals surface area contributed by atoms with Crippen molar-refractivity contribution < 1.29 is 13.5 Å². The fourth-order valence-corrected chi connectivity index (χ4v) is 2.91. The van der Waals surface area contributed by atoms with Gasteiger partial charge in [0.1, 0.15) is 5.75 Å². The Morgan fingerprint density at radius 2 is 2.22 bits per heavy atom. The minimum Gasteiger partial charge on any atom is -0.508 e. The van der Waals surface area contributed by atoms with Crippen molar-refractivity contribution in [2.45, 2.75) is 18.9 Å². The monoisotopic (exact) mass is 270 g/mol. The highest BCUT2D eigenvalue weighted by Crippen LogP contribution is 2.35. The molecule has 0 saturated heterocycles. The third kappa shape index (κ3) is 2.82. The molecule has 0 aromatic heterocycles. The van der Waals surface area contributed by atoms with E-state index in [-0.39, 0.29) is 11.8 Å². The number of aromatic hydroxyl groups is 1. The second-order valence-electron chi connectivity index (χ2n) is 4.41. The van der Waals surface area contributed by atoms with Crippen molar-refractivity contribution in [3.63, 3.8) is 0 Å². The largest absolute Gasteiger partial charge is 0.508 e. The summed E-state index contributed by atoms with van der Waals surface area (Å²) < 4.78 is 24.9. The second-order valence-corrected chi connectivity index (χ2v) is 6.46. The Morgan fingerprint density at radius 3 is 2.94 bits per heavy atom. The molecule has 0 spiro atoms. The van der Waals surface area contributed by atoms with Gasteiger partial charge in [0, 0.05) is 12.6 Å². The Morgan fingerprint density at radius 1 is 1.44 bits per heavy atom. The maximum Gasteiger partial charge on any atom is 0.212 e. The van der Waals surface area contributed by atoms with Crippen LogP contribution in [0.15, 0.2) is 18.2 Å². The Hall–Kier alpha value is -1.11. The van der Waals surface area contributed by atoms with Gasteiger partial charge >= 0.3 is 0 Å². The average molecular weight is 270 g/mol. The fourth-order valence-electron chi connectivity index (χ4n) is 2.32. The van der Waals surface area contributed by atoms with Crippen LogP contribution in [0.3, 0.4) is 0 Å². The van der Waals surface area contributed by atoms with Crippen LogP contribution in [0.5, 0.6) is 5.75 Å². The molecule has 1 atom stereocenters. The number of hydrogen-bond acceptors (Lipinski definition) is 4. The summed E-state index contributed by atoms with van der Waals surface area (Å²) in [4.78, 5) is 0. The molecule has 0 radical (unpaired) electrons. The van der Waals surface area contributed by atoms with Gasteiger partial charge in [0.05, 0.1) is 5.75 Å². The number of phenols is 1. The quantitative estimate of drug-likeness (QED) is 0.729. The van der Waals surface area contributed by atoms with Gasteiger partial charge in [-0.15, -0.1) is 0 Å². The highest BCUT2D eigenvalue weighted by molar-refractivity contribution is 7.89. The first kappa shape index (κ1) is 13.3. The zero-order valence-electron chi connectivity index (χ0n) is 10.3. The molecule has 0 saturated carbocycles. The van der Waals surface area contributed by atoms with Crippen LogP contribution >= 0.6 is 0 Å². The van der Waals surface area contributed by atoms with Crippen LogP contribution in [0.4, 0.5) is 0 Å². The molecule has 0 amide bonds. The van der Waals surface area contributed by atoms with Crippen LogP contribution in [0.2, 0.25) is 0 Å². The molecular formula is C12H18N2O3S. The molecule has 1 aromatic carbocycles. The molecule has 0 fully saturated rings. The van der Waals surface area contributed by atoms with Gasteiger partial charge in [0.15, 0.2) is 0 Å². The Balaban J connectivity index is 1.97. The van der Waals surface area contributed by atoms with E-state index in [1.54, 1.807) is 6.07 Å². The van der Waals surface area contributed by atoms with E-state index >= 15 is 0 Å². The van der Waals surface area contributed by atoms with Gasteiger partial charge < -0.3 is 10.4 Å². The van der Waals surface area contributed by atoms with Gasteiger partial charge in [-0.1, -0.05) is 12.1 Å². The molecule has 3 N–H and O–H groups in total. The molecule has 0 heterocycles. The molecule has 1 unspecified atom stereocenters. The number of phenolic OH excluding ortho intramolecular Hbond substituents is 1. The summed E-state index contributed by atoms with van der Waals surface area (Å²) in [6, 6.07) is 5.62. The maximum atomic E-state index is 11.3. The van der Waals surface area contributed by atoms with E-state index in [2.05, 4.69) is 10.0 Å². The minimum absolute atomic E-state index is 0.0636. The summed E-state index contributed by atoms with van der Waals surface area (Å²) in [5, 5.41) is 12.9. The Bertz CT molecular complexity index is 528.